The van der Waals surface area contributed by atoms with E-state index in [0.717, 1.165) is 11.0 Å². The number of nitrogens with zero attached hydrogens (tertiary/aromatic N) is 6. The van der Waals surface area contributed by atoms with E-state index < -0.39 is 29.1 Å². The van der Waals surface area contributed by atoms with Crippen molar-refractivity contribution in [3.8, 4) is 0 Å². The second-order valence-electron chi connectivity index (χ2n) is 11.7. The fraction of sp³-hybridized carbons (Fsp3) is 0.581. The third-order valence-corrected chi connectivity index (χ3v) is 9.40. The van der Waals surface area contributed by atoms with Crippen molar-refractivity contribution in [1.29, 1.82) is 0 Å². The van der Waals surface area contributed by atoms with E-state index in [1.165, 1.54) is 0 Å². The van der Waals surface area contributed by atoms with Crippen molar-refractivity contribution < 1.29 is 24.2 Å². The highest BCUT2D eigenvalue weighted by Crippen LogP contribution is 2.64. The highest BCUT2D eigenvalue weighted by atomic mass is 16.5. The molecule has 1 N–H and O–H groups in total. The quantitative estimate of drug-likeness (QED) is 0.270. The number of aliphatic hydroxyl groups excluding tert-OH is 1. The number of hydrogen-bond acceptors (Lipinski definition) is 7. The first-order valence-electron chi connectivity index (χ1n) is 14.9. The van der Waals surface area contributed by atoms with Gasteiger partial charge in [0.1, 0.15) is 23.8 Å². The van der Waals surface area contributed by atoms with Crippen LogP contribution in [0.15, 0.2) is 49.6 Å². The average molecular weight is 579 g/mol. The number of ether oxygens (including phenoxy) is 1. The maximum atomic E-state index is 14.7. The molecule has 42 heavy (non-hydrogen) atoms. The summed E-state index contributed by atoms with van der Waals surface area (Å²) >= 11 is 0. The fourth-order valence-corrected chi connectivity index (χ4v) is 7.43. The van der Waals surface area contributed by atoms with Gasteiger partial charge in [-0.1, -0.05) is 36.4 Å². The molecule has 0 saturated carbocycles. The summed E-state index contributed by atoms with van der Waals surface area (Å²) in [7, 11) is 1.72. The molecule has 3 amide bonds. The van der Waals surface area contributed by atoms with Crippen LogP contribution >= 0.6 is 0 Å². The van der Waals surface area contributed by atoms with Gasteiger partial charge in [0, 0.05) is 33.3 Å². The van der Waals surface area contributed by atoms with Gasteiger partial charge in [0.15, 0.2) is 0 Å². The molecule has 5 atom stereocenters. The summed E-state index contributed by atoms with van der Waals surface area (Å²) < 4.78 is 8.57. The van der Waals surface area contributed by atoms with Crippen LogP contribution in [0.4, 0.5) is 0 Å². The number of para-hydroxylation sites is 1. The van der Waals surface area contributed by atoms with Crippen molar-refractivity contribution in [3.05, 3.63) is 49.6 Å². The van der Waals surface area contributed by atoms with Crippen molar-refractivity contribution >= 4 is 28.8 Å². The predicted molar refractivity (Wildman–Crippen MR) is 157 cm³/mol. The monoisotopic (exact) mass is 578 g/mol. The molecule has 3 saturated heterocycles. The number of carbonyl (C=O) groups excluding carboxylic acids is 3. The van der Waals surface area contributed by atoms with E-state index in [4.69, 9.17) is 4.74 Å². The first-order valence-corrected chi connectivity index (χ1v) is 14.9. The standard InChI is InChI=1S/C31H42N6O5/c1-5-17-34(4)27(39)24-25-28(40)36(19-11-8-12-20-38)26(31(25)16-15-30(24,7-3)42-31)29(41)35(18-6-2)21-37-23-14-10-9-13-22(23)32-33-37/h5-6,9-10,13-14,24-26,38H,1-2,7-8,11-12,15-21H2,3-4H3/t24-,25-,26?,30+,31?/m0/s1. The Balaban J connectivity index is 1.54. The summed E-state index contributed by atoms with van der Waals surface area (Å²) in [5.74, 6) is -2.05. The molecular formula is C31H42N6O5. The Morgan fingerprint density at radius 1 is 1.14 bits per heavy atom. The lowest BCUT2D eigenvalue weighted by Gasteiger charge is -2.36. The normalized spacial score (nSPS) is 27.8. The number of likely N-dealkylation sites (N-methyl/N-ethyl adjacent to an activating group) is 1. The third kappa shape index (κ3) is 4.72. The zero-order chi connectivity index (χ0) is 30.1. The van der Waals surface area contributed by atoms with Gasteiger partial charge in [0.2, 0.25) is 17.7 Å². The molecule has 3 aliphatic rings. The average Bonchev–Trinajstić information content (AvgIpc) is 3.72. The first-order chi connectivity index (χ1) is 20.3. The lowest BCUT2D eigenvalue weighted by Crippen LogP contribution is -2.56. The number of amides is 3. The number of hydrogen-bond donors (Lipinski definition) is 1. The molecule has 2 aromatic rings. The van der Waals surface area contributed by atoms with E-state index in [0.29, 0.717) is 51.6 Å². The smallest absolute Gasteiger partial charge is 0.250 e. The highest BCUT2D eigenvalue weighted by Gasteiger charge is 2.78. The van der Waals surface area contributed by atoms with Gasteiger partial charge in [-0.2, -0.15) is 0 Å². The molecule has 2 bridgehead atoms. The van der Waals surface area contributed by atoms with Crippen molar-refractivity contribution in [3.63, 3.8) is 0 Å². The molecule has 4 heterocycles. The largest absolute Gasteiger partial charge is 0.396 e. The van der Waals surface area contributed by atoms with Crippen LogP contribution in [0.5, 0.6) is 0 Å². The van der Waals surface area contributed by atoms with E-state index in [2.05, 4.69) is 23.5 Å². The van der Waals surface area contributed by atoms with E-state index in [1.807, 2.05) is 31.2 Å². The Labute approximate surface area is 246 Å². The lowest BCUT2D eigenvalue weighted by atomic mass is 9.64. The number of fused-ring (bicyclic) bond motifs is 2. The number of aromatic nitrogens is 3. The predicted octanol–water partition coefficient (Wildman–Crippen LogP) is 2.37. The molecule has 1 spiro atoms. The molecule has 1 aromatic carbocycles. The van der Waals surface area contributed by atoms with Crippen LogP contribution in [0, 0.1) is 11.8 Å². The van der Waals surface area contributed by atoms with Crippen LogP contribution in [0.25, 0.3) is 11.0 Å². The molecule has 226 valence electrons. The number of likely N-dealkylation sites (tertiary alicyclic amines) is 1. The zero-order valence-corrected chi connectivity index (χ0v) is 24.7. The second kappa shape index (κ2) is 12.0. The molecule has 3 fully saturated rings. The maximum absolute atomic E-state index is 14.7. The minimum atomic E-state index is -1.11. The van der Waals surface area contributed by atoms with Crippen LogP contribution in [0.2, 0.25) is 0 Å². The van der Waals surface area contributed by atoms with Gasteiger partial charge >= 0.3 is 0 Å². The van der Waals surface area contributed by atoms with Crippen LogP contribution < -0.4 is 0 Å². The van der Waals surface area contributed by atoms with Gasteiger partial charge in [-0.3, -0.25) is 14.4 Å². The van der Waals surface area contributed by atoms with E-state index in [9.17, 15) is 19.5 Å². The number of aliphatic hydroxyl groups is 1. The van der Waals surface area contributed by atoms with E-state index in [1.54, 1.807) is 38.6 Å². The molecule has 0 aliphatic carbocycles. The molecule has 5 rings (SSSR count). The summed E-state index contributed by atoms with van der Waals surface area (Å²) in [4.78, 5) is 47.8. The van der Waals surface area contributed by atoms with Gasteiger partial charge in [-0.25, -0.2) is 4.68 Å². The van der Waals surface area contributed by atoms with Gasteiger partial charge in [0.05, 0.1) is 23.0 Å². The molecule has 11 heteroatoms. The SMILES string of the molecule is C=CCN(C)C(=O)[C@@H]1[C@H]2C(=O)N(CCCCCO)C(C(=O)N(CC=C)Cn3nnc4ccccc43)C23CC[C@@]1(CC)O3. The van der Waals surface area contributed by atoms with Crippen molar-refractivity contribution in [2.75, 3.05) is 33.3 Å². The van der Waals surface area contributed by atoms with E-state index >= 15 is 0 Å². The zero-order valence-electron chi connectivity index (χ0n) is 24.7. The van der Waals surface area contributed by atoms with Crippen molar-refractivity contribution in [1.82, 2.24) is 29.7 Å². The second-order valence-corrected chi connectivity index (χ2v) is 11.7. The summed E-state index contributed by atoms with van der Waals surface area (Å²) in [5, 5.41) is 17.8. The van der Waals surface area contributed by atoms with Gasteiger partial charge in [-0.15, -0.1) is 18.3 Å². The highest BCUT2D eigenvalue weighted by molar-refractivity contribution is 5.99. The van der Waals surface area contributed by atoms with Crippen LogP contribution in [-0.2, 0) is 25.8 Å². The minimum absolute atomic E-state index is 0.0657. The van der Waals surface area contributed by atoms with Crippen molar-refractivity contribution in [2.24, 2.45) is 11.8 Å². The Bertz CT molecular complexity index is 1360. The summed E-state index contributed by atoms with van der Waals surface area (Å²) in [6.45, 7) is 10.8. The van der Waals surface area contributed by atoms with E-state index in [-0.39, 0.29) is 37.5 Å². The summed E-state index contributed by atoms with van der Waals surface area (Å²) in [5.41, 5.74) is -0.408. The van der Waals surface area contributed by atoms with Gasteiger partial charge in [0.25, 0.3) is 0 Å². The first kappa shape index (κ1) is 29.9. The molecule has 0 radical (unpaired) electrons. The molecule has 3 aliphatic heterocycles. The van der Waals surface area contributed by atoms with Gasteiger partial charge < -0.3 is 24.5 Å². The lowest BCUT2D eigenvalue weighted by molar-refractivity contribution is -0.155. The maximum Gasteiger partial charge on any atom is 0.250 e. The van der Waals surface area contributed by atoms with Gasteiger partial charge in [-0.05, 0) is 50.7 Å². The van der Waals surface area contributed by atoms with Crippen LogP contribution in [0.3, 0.4) is 0 Å². The Kier molecular flexibility index (Phi) is 8.52. The number of rotatable bonds is 14. The summed E-state index contributed by atoms with van der Waals surface area (Å²) in [6, 6.07) is 6.64. The topological polar surface area (TPSA) is 121 Å². The Hall–Kier alpha value is -3.57. The molecule has 2 unspecified atom stereocenters. The Morgan fingerprint density at radius 2 is 1.90 bits per heavy atom. The number of unbranched alkanes of at least 4 members (excludes halogenated alkanes) is 2. The number of benzene rings is 1. The Morgan fingerprint density at radius 3 is 2.62 bits per heavy atom. The van der Waals surface area contributed by atoms with Crippen LogP contribution in [-0.4, -0.2) is 103 Å². The molecule has 11 nitrogen and oxygen atoms in total. The fourth-order valence-electron chi connectivity index (χ4n) is 7.43. The summed E-state index contributed by atoms with van der Waals surface area (Å²) in [6.07, 6.45) is 6.96. The number of carbonyl (C=O) groups is 3. The molecule has 1 aromatic heterocycles. The third-order valence-electron chi connectivity index (χ3n) is 9.40. The minimum Gasteiger partial charge on any atom is -0.396 e. The molecular weight excluding hydrogens is 536 g/mol. The van der Waals surface area contributed by atoms with Crippen molar-refractivity contribution in [2.45, 2.75) is 69.4 Å². The van der Waals surface area contributed by atoms with Crippen LogP contribution in [0.1, 0.15) is 45.4 Å².